The summed E-state index contributed by atoms with van der Waals surface area (Å²) in [5.41, 5.74) is 4.18. The lowest BCUT2D eigenvalue weighted by molar-refractivity contribution is 0.137. The molecule has 1 unspecified atom stereocenters. The van der Waals surface area contributed by atoms with E-state index in [0.717, 1.165) is 69.5 Å². The van der Waals surface area contributed by atoms with Crippen molar-refractivity contribution >= 4 is 21.6 Å². The predicted octanol–water partition coefficient (Wildman–Crippen LogP) is 5.66. The average Bonchev–Trinajstić information content (AvgIpc) is 3.47. The van der Waals surface area contributed by atoms with Crippen molar-refractivity contribution in [3.63, 3.8) is 0 Å². The number of hydrogen-bond donors (Lipinski definition) is 0. The van der Waals surface area contributed by atoms with Gasteiger partial charge in [0.05, 0.1) is 23.4 Å². The van der Waals surface area contributed by atoms with Gasteiger partial charge in [-0.15, -0.1) is 11.3 Å². The normalized spacial score (nSPS) is 18.4. The first-order valence-electron chi connectivity index (χ1n) is 11.6. The Morgan fingerprint density at radius 3 is 2.79 bits per heavy atom. The van der Waals surface area contributed by atoms with Crippen LogP contribution in [0.15, 0.2) is 60.7 Å². The number of fused-ring (bicyclic) bond motifs is 2. The molecule has 1 fully saturated rings. The molecule has 6 rings (SSSR count). The van der Waals surface area contributed by atoms with Gasteiger partial charge in [0.2, 0.25) is 0 Å². The minimum atomic E-state index is -0.216. The molecule has 0 aliphatic carbocycles. The third kappa shape index (κ3) is 4.51. The van der Waals surface area contributed by atoms with Gasteiger partial charge >= 0.3 is 0 Å². The maximum atomic E-state index is 13.4. The highest BCUT2D eigenvalue weighted by Gasteiger charge is 2.25. The van der Waals surface area contributed by atoms with E-state index in [1.165, 1.54) is 12.1 Å². The highest BCUT2D eigenvalue weighted by Crippen LogP contribution is 2.41. The van der Waals surface area contributed by atoms with E-state index in [2.05, 4.69) is 23.1 Å². The molecule has 0 spiro atoms. The van der Waals surface area contributed by atoms with E-state index in [1.807, 2.05) is 30.3 Å². The average molecular weight is 477 g/mol. The summed E-state index contributed by atoms with van der Waals surface area (Å²) in [7, 11) is 0. The number of para-hydroxylation sites is 1. The lowest BCUT2D eigenvalue weighted by Crippen LogP contribution is -2.25. The highest BCUT2D eigenvalue weighted by atomic mass is 32.1. The van der Waals surface area contributed by atoms with Crippen LogP contribution >= 0.6 is 11.3 Å². The molecule has 3 aromatic carbocycles. The Balaban J connectivity index is 1.36. The van der Waals surface area contributed by atoms with Crippen LogP contribution < -0.4 is 9.47 Å². The highest BCUT2D eigenvalue weighted by molar-refractivity contribution is 7.21. The fraction of sp³-hybridized carbons (Fsp3) is 0.296. The number of rotatable bonds is 5. The van der Waals surface area contributed by atoms with Crippen LogP contribution in [0.25, 0.3) is 20.8 Å². The van der Waals surface area contributed by atoms with Crippen molar-refractivity contribution in [2.24, 2.45) is 0 Å². The number of ether oxygens (including phenoxy) is 3. The Morgan fingerprint density at radius 1 is 1.09 bits per heavy atom. The van der Waals surface area contributed by atoms with Crippen molar-refractivity contribution < 1.29 is 18.6 Å². The Morgan fingerprint density at radius 2 is 1.97 bits per heavy atom. The zero-order valence-electron chi connectivity index (χ0n) is 18.7. The standard InChI is InChI=1S/C27H25FN2O3S/c28-21-7-5-18(6-8-21)15-30-10-12-32-26-20(16-30)13-19(14-24(26)33-22-9-11-31-17-22)27-29-23-3-1-2-4-25(23)34-27/h1-8,13-14,22H,9-12,15-17H2. The summed E-state index contributed by atoms with van der Waals surface area (Å²) in [6.45, 7) is 4.08. The molecule has 0 N–H and O–H groups in total. The number of aromatic nitrogens is 1. The number of thiazole rings is 1. The van der Waals surface area contributed by atoms with Gasteiger partial charge in [-0.05, 0) is 42.0 Å². The second-order valence-electron chi connectivity index (χ2n) is 8.74. The minimum Gasteiger partial charge on any atom is -0.488 e. The van der Waals surface area contributed by atoms with Crippen molar-refractivity contribution in [2.75, 3.05) is 26.4 Å². The van der Waals surface area contributed by atoms with E-state index in [1.54, 1.807) is 11.3 Å². The Bertz CT molecular complexity index is 1270. The molecule has 4 aromatic rings. The third-order valence-electron chi connectivity index (χ3n) is 6.22. The van der Waals surface area contributed by atoms with Crippen molar-refractivity contribution in [1.29, 1.82) is 0 Å². The SMILES string of the molecule is Fc1ccc(CN2CCOc3c(cc(-c4nc5ccccc5s4)cc3OC3CCOC3)C2)cc1. The molecule has 2 aliphatic rings. The zero-order valence-corrected chi connectivity index (χ0v) is 19.5. The molecule has 0 saturated carbocycles. The van der Waals surface area contributed by atoms with Crippen LogP contribution in [0.5, 0.6) is 11.5 Å². The van der Waals surface area contributed by atoms with Gasteiger partial charge in [0.25, 0.3) is 0 Å². The molecule has 7 heteroatoms. The summed E-state index contributed by atoms with van der Waals surface area (Å²) in [6, 6.07) is 19.1. The zero-order chi connectivity index (χ0) is 22.9. The van der Waals surface area contributed by atoms with Gasteiger partial charge < -0.3 is 14.2 Å². The molecule has 0 radical (unpaired) electrons. The number of benzene rings is 3. The molecule has 174 valence electrons. The first-order chi connectivity index (χ1) is 16.7. The quantitative estimate of drug-likeness (QED) is 0.372. The molecule has 1 aromatic heterocycles. The fourth-order valence-electron chi connectivity index (χ4n) is 4.51. The van der Waals surface area contributed by atoms with Gasteiger partial charge in [0.1, 0.15) is 23.5 Å². The second kappa shape index (κ2) is 9.33. The predicted molar refractivity (Wildman–Crippen MR) is 131 cm³/mol. The second-order valence-corrected chi connectivity index (χ2v) is 9.77. The van der Waals surface area contributed by atoms with Gasteiger partial charge in [-0.1, -0.05) is 24.3 Å². The molecular weight excluding hydrogens is 451 g/mol. The first kappa shape index (κ1) is 21.5. The topological polar surface area (TPSA) is 43.8 Å². The fourth-order valence-corrected chi connectivity index (χ4v) is 5.47. The van der Waals surface area contributed by atoms with Crippen LogP contribution in [-0.4, -0.2) is 42.4 Å². The Labute approximate surface area is 201 Å². The maximum absolute atomic E-state index is 13.4. The van der Waals surface area contributed by atoms with Gasteiger partial charge in [-0.25, -0.2) is 9.37 Å². The lowest BCUT2D eigenvalue weighted by Gasteiger charge is -2.20. The van der Waals surface area contributed by atoms with Crippen molar-refractivity contribution in [3.05, 3.63) is 77.6 Å². The smallest absolute Gasteiger partial charge is 0.165 e. The monoisotopic (exact) mass is 476 g/mol. The third-order valence-corrected chi connectivity index (χ3v) is 7.31. The van der Waals surface area contributed by atoms with E-state index in [-0.39, 0.29) is 11.9 Å². The number of hydrogen-bond acceptors (Lipinski definition) is 6. The van der Waals surface area contributed by atoms with Crippen LogP contribution in [0, 0.1) is 5.82 Å². The van der Waals surface area contributed by atoms with E-state index < -0.39 is 0 Å². The number of halogens is 1. The van der Waals surface area contributed by atoms with Gasteiger partial charge in [-0.3, -0.25) is 4.90 Å². The van der Waals surface area contributed by atoms with E-state index in [0.29, 0.717) is 19.8 Å². The van der Waals surface area contributed by atoms with Gasteiger partial charge in [0.15, 0.2) is 11.5 Å². The summed E-state index contributed by atoms with van der Waals surface area (Å²) in [4.78, 5) is 7.19. The van der Waals surface area contributed by atoms with Crippen LogP contribution in [0.3, 0.4) is 0 Å². The van der Waals surface area contributed by atoms with Crippen molar-refractivity contribution in [2.45, 2.75) is 25.6 Å². The summed E-state index contributed by atoms with van der Waals surface area (Å²) >= 11 is 1.68. The molecule has 0 amide bonds. The molecule has 0 bridgehead atoms. The Kier molecular flexibility index (Phi) is 5.91. The van der Waals surface area contributed by atoms with Crippen molar-refractivity contribution in [3.8, 4) is 22.1 Å². The molecule has 34 heavy (non-hydrogen) atoms. The summed E-state index contributed by atoms with van der Waals surface area (Å²) in [5.74, 6) is 1.34. The minimum absolute atomic E-state index is 0.0249. The van der Waals surface area contributed by atoms with E-state index in [9.17, 15) is 4.39 Å². The lowest BCUT2D eigenvalue weighted by atomic mass is 10.1. The van der Waals surface area contributed by atoms with Gasteiger partial charge in [0, 0.05) is 37.2 Å². The molecule has 5 nitrogen and oxygen atoms in total. The number of nitrogens with zero attached hydrogens (tertiary/aromatic N) is 2. The van der Waals surface area contributed by atoms with Crippen LogP contribution in [-0.2, 0) is 17.8 Å². The van der Waals surface area contributed by atoms with Crippen LogP contribution in [0.2, 0.25) is 0 Å². The molecule has 3 heterocycles. The molecule has 1 saturated heterocycles. The van der Waals surface area contributed by atoms with Crippen molar-refractivity contribution in [1.82, 2.24) is 9.88 Å². The molecule has 1 atom stereocenters. The summed E-state index contributed by atoms with van der Waals surface area (Å²) < 4.78 is 32.7. The van der Waals surface area contributed by atoms with Gasteiger partial charge in [-0.2, -0.15) is 0 Å². The van der Waals surface area contributed by atoms with Crippen LogP contribution in [0.4, 0.5) is 4.39 Å². The van der Waals surface area contributed by atoms with E-state index in [4.69, 9.17) is 19.2 Å². The van der Waals surface area contributed by atoms with E-state index >= 15 is 0 Å². The summed E-state index contributed by atoms with van der Waals surface area (Å²) in [5, 5.41) is 0.964. The largest absolute Gasteiger partial charge is 0.488 e. The molecule has 2 aliphatic heterocycles. The molecular formula is C27H25FN2O3S. The maximum Gasteiger partial charge on any atom is 0.165 e. The first-order valence-corrected chi connectivity index (χ1v) is 12.4. The Hall–Kier alpha value is -3.00. The summed E-state index contributed by atoms with van der Waals surface area (Å²) in [6.07, 6.45) is 0.897. The van der Waals surface area contributed by atoms with Crippen LogP contribution in [0.1, 0.15) is 17.5 Å².